The lowest BCUT2D eigenvalue weighted by molar-refractivity contribution is -0.384. The predicted molar refractivity (Wildman–Crippen MR) is 102 cm³/mol. The third-order valence-electron chi connectivity index (χ3n) is 5.03. The molecule has 0 radical (unpaired) electrons. The van der Waals surface area contributed by atoms with Crippen molar-refractivity contribution in [3.8, 4) is 0 Å². The minimum absolute atomic E-state index is 0.00847. The van der Waals surface area contributed by atoms with Crippen LogP contribution in [-0.2, 0) is 20.9 Å². The van der Waals surface area contributed by atoms with Crippen LogP contribution in [0.4, 0.5) is 14.5 Å². The molecule has 0 bridgehead atoms. The molecule has 0 aliphatic carbocycles. The van der Waals surface area contributed by atoms with Gasteiger partial charge in [0.1, 0.15) is 11.6 Å². The van der Waals surface area contributed by atoms with Gasteiger partial charge in [0.25, 0.3) is 5.69 Å². The summed E-state index contributed by atoms with van der Waals surface area (Å²) in [5.74, 6) is -3.72. The number of allylic oxidation sites excluding steroid dienone is 1. The van der Waals surface area contributed by atoms with Crippen molar-refractivity contribution in [1.29, 1.82) is 0 Å². The lowest BCUT2D eigenvalue weighted by Gasteiger charge is -2.34. The molecule has 1 aliphatic heterocycles. The second-order valence-corrected chi connectivity index (χ2v) is 6.82. The first kappa shape index (κ1) is 21.1. The third kappa shape index (κ3) is 4.05. The van der Waals surface area contributed by atoms with E-state index >= 15 is 0 Å². The van der Waals surface area contributed by atoms with Gasteiger partial charge in [-0.3, -0.25) is 14.9 Å². The molecular weight excluding hydrogens is 398 g/mol. The maximum atomic E-state index is 14.4. The number of hydrogen-bond acceptors (Lipinski definition) is 5. The molecule has 9 heteroatoms. The highest BCUT2D eigenvalue weighted by atomic mass is 19.1. The van der Waals surface area contributed by atoms with Crippen LogP contribution in [0.5, 0.6) is 0 Å². The van der Waals surface area contributed by atoms with E-state index in [1.807, 2.05) is 0 Å². The number of rotatable bonds is 5. The summed E-state index contributed by atoms with van der Waals surface area (Å²) >= 11 is 0. The van der Waals surface area contributed by atoms with Crippen LogP contribution < -0.4 is 0 Å². The van der Waals surface area contributed by atoms with Crippen LogP contribution in [-0.4, -0.2) is 28.8 Å². The third-order valence-corrected chi connectivity index (χ3v) is 5.03. The number of benzene rings is 2. The number of ether oxygens (including phenoxy) is 1. The fraction of sp³-hybridized carbons (Fsp3) is 0.238. The molecule has 2 aromatic rings. The van der Waals surface area contributed by atoms with E-state index in [9.17, 15) is 28.5 Å². The maximum absolute atomic E-state index is 14.4. The van der Waals surface area contributed by atoms with Gasteiger partial charge in [0.05, 0.1) is 24.2 Å². The molecule has 0 saturated heterocycles. The predicted octanol–water partition coefficient (Wildman–Crippen LogP) is 3.84. The summed E-state index contributed by atoms with van der Waals surface area (Å²) in [6.07, 6.45) is -0.237. The lowest BCUT2D eigenvalue weighted by atomic mass is 9.83. The molecule has 1 aliphatic rings. The smallest absolute Gasteiger partial charge is 0.336 e. The molecule has 0 fully saturated rings. The van der Waals surface area contributed by atoms with E-state index in [0.29, 0.717) is 11.6 Å². The Labute approximate surface area is 170 Å². The zero-order valence-electron chi connectivity index (χ0n) is 16.2. The Kier molecular flexibility index (Phi) is 5.91. The molecule has 30 heavy (non-hydrogen) atoms. The average molecular weight is 416 g/mol. The molecule has 1 unspecified atom stereocenters. The minimum atomic E-state index is -0.938. The lowest BCUT2D eigenvalue weighted by Crippen LogP contribution is -2.38. The number of halogens is 2. The van der Waals surface area contributed by atoms with E-state index in [2.05, 4.69) is 0 Å². The van der Waals surface area contributed by atoms with Gasteiger partial charge in [0.2, 0.25) is 5.91 Å². The van der Waals surface area contributed by atoms with Gasteiger partial charge in [-0.2, -0.15) is 0 Å². The molecule has 7 nitrogen and oxygen atoms in total. The van der Waals surface area contributed by atoms with Crippen LogP contribution >= 0.6 is 0 Å². The fourth-order valence-corrected chi connectivity index (χ4v) is 3.58. The molecule has 0 N–H and O–H groups in total. The normalized spacial score (nSPS) is 16.6. The van der Waals surface area contributed by atoms with Crippen molar-refractivity contribution in [1.82, 2.24) is 4.90 Å². The highest BCUT2D eigenvalue weighted by molar-refractivity contribution is 5.95. The molecule has 1 atom stereocenters. The Hall–Kier alpha value is -3.62. The van der Waals surface area contributed by atoms with Gasteiger partial charge >= 0.3 is 5.97 Å². The summed E-state index contributed by atoms with van der Waals surface area (Å²) < 4.78 is 32.5. The van der Waals surface area contributed by atoms with Crippen LogP contribution in [0.2, 0.25) is 0 Å². The van der Waals surface area contributed by atoms with E-state index in [-0.39, 0.29) is 35.5 Å². The highest BCUT2D eigenvalue weighted by Gasteiger charge is 2.38. The summed E-state index contributed by atoms with van der Waals surface area (Å²) in [5.41, 5.74) is 0.705. The van der Waals surface area contributed by atoms with Crippen molar-refractivity contribution in [2.45, 2.75) is 25.8 Å². The highest BCUT2D eigenvalue weighted by Crippen LogP contribution is 2.38. The summed E-state index contributed by atoms with van der Waals surface area (Å²) in [6.45, 7) is 1.51. The quantitative estimate of drug-likeness (QED) is 0.420. The number of nitro benzene ring substituents is 1. The summed E-state index contributed by atoms with van der Waals surface area (Å²) in [4.78, 5) is 37.1. The van der Waals surface area contributed by atoms with Gasteiger partial charge < -0.3 is 9.64 Å². The number of nitro groups is 1. The van der Waals surface area contributed by atoms with Crippen molar-refractivity contribution in [2.24, 2.45) is 0 Å². The second-order valence-electron chi connectivity index (χ2n) is 6.82. The van der Waals surface area contributed by atoms with Crippen molar-refractivity contribution >= 4 is 17.6 Å². The number of carbonyl (C=O) groups excluding carboxylic acids is 2. The minimum Gasteiger partial charge on any atom is -0.466 e. The Morgan fingerprint density at radius 3 is 2.63 bits per heavy atom. The molecular formula is C21H18F2N2O5. The van der Waals surface area contributed by atoms with Gasteiger partial charge in [-0.05, 0) is 24.1 Å². The van der Waals surface area contributed by atoms with Gasteiger partial charge in [0.15, 0.2) is 0 Å². The van der Waals surface area contributed by atoms with Crippen LogP contribution in [0.25, 0.3) is 0 Å². The van der Waals surface area contributed by atoms with E-state index in [0.717, 1.165) is 6.07 Å². The topological polar surface area (TPSA) is 89.8 Å². The number of carbonyl (C=O) groups is 2. The second kappa shape index (κ2) is 8.40. The zero-order chi connectivity index (χ0) is 22.0. The van der Waals surface area contributed by atoms with Crippen LogP contribution in [0.15, 0.2) is 53.7 Å². The van der Waals surface area contributed by atoms with E-state index in [1.54, 1.807) is 6.07 Å². The summed E-state index contributed by atoms with van der Waals surface area (Å²) in [7, 11) is 1.17. The van der Waals surface area contributed by atoms with E-state index in [1.165, 1.54) is 43.2 Å². The van der Waals surface area contributed by atoms with E-state index in [4.69, 9.17) is 4.74 Å². The molecule has 0 spiro atoms. The molecule has 2 aromatic carbocycles. The Balaban J connectivity index is 2.04. The Morgan fingerprint density at radius 1 is 1.27 bits per heavy atom. The first-order chi connectivity index (χ1) is 14.2. The number of amides is 1. The first-order valence-corrected chi connectivity index (χ1v) is 9.00. The molecule has 1 amide bonds. The van der Waals surface area contributed by atoms with Crippen LogP contribution in [0.3, 0.4) is 0 Å². The Morgan fingerprint density at radius 2 is 2.00 bits per heavy atom. The molecule has 0 saturated carbocycles. The molecule has 0 aromatic heterocycles. The molecule has 156 valence electrons. The number of non-ortho nitro benzene ring substituents is 1. The van der Waals surface area contributed by atoms with E-state index < -0.39 is 34.4 Å². The van der Waals surface area contributed by atoms with Gasteiger partial charge in [-0.1, -0.05) is 18.2 Å². The SMILES string of the molecule is COC(=O)C1=C(C)N(Cc2cccc([N+](=O)[O-])c2)C(=O)CC1c1ccc(F)cc1F. The number of esters is 1. The summed E-state index contributed by atoms with van der Waals surface area (Å²) in [6, 6.07) is 8.74. The molecule has 1 heterocycles. The average Bonchev–Trinajstić information content (AvgIpc) is 2.70. The Bertz CT molecular complexity index is 1070. The maximum Gasteiger partial charge on any atom is 0.336 e. The van der Waals surface area contributed by atoms with Crippen LogP contribution in [0.1, 0.15) is 30.4 Å². The number of methoxy groups -OCH3 is 1. The number of hydrogen-bond donors (Lipinski definition) is 0. The van der Waals surface area contributed by atoms with Gasteiger partial charge in [0, 0.05) is 36.2 Å². The molecule has 3 rings (SSSR count). The largest absolute Gasteiger partial charge is 0.466 e. The monoisotopic (exact) mass is 416 g/mol. The standard InChI is InChI=1S/C21H18F2N2O5/c1-12-20(21(27)30-2)17(16-7-6-14(22)9-18(16)23)10-19(26)24(12)11-13-4-3-5-15(8-13)25(28)29/h3-9,17H,10-11H2,1-2H3. The van der Waals surface area contributed by atoms with Gasteiger partial charge in [-0.15, -0.1) is 0 Å². The first-order valence-electron chi connectivity index (χ1n) is 9.00. The number of nitrogens with zero attached hydrogens (tertiary/aromatic N) is 2. The fourth-order valence-electron chi connectivity index (χ4n) is 3.58. The summed E-state index contributed by atoms with van der Waals surface area (Å²) in [5, 5.41) is 11.0. The van der Waals surface area contributed by atoms with Crippen molar-refractivity contribution in [3.63, 3.8) is 0 Å². The van der Waals surface area contributed by atoms with Gasteiger partial charge in [-0.25, -0.2) is 13.6 Å². The van der Waals surface area contributed by atoms with Crippen LogP contribution in [0, 0.1) is 21.7 Å². The van der Waals surface area contributed by atoms with Crippen molar-refractivity contribution in [3.05, 3.63) is 86.6 Å². The van der Waals surface area contributed by atoms with Crippen molar-refractivity contribution < 1.29 is 28.0 Å². The van der Waals surface area contributed by atoms with Crippen molar-refractivity contribution in [2.75, 3.05) is 7.11 Å². The zero-order valence-corrected chi connectivity index (χ0v) is 16.2.